The van der Waals surface area contributed by atoms with Gasteiger partial charge in [-0.05, 0) is 42.3 Å². The van der Waals surface area contributed by atoms with Crippen molar-refractivity contribution in [3.05, 3.63) is 54.6 Å². The van der Waals surface area contributed by atoms with Crippen LogP contribution in [-0.4, -0.2) is 47.1 Å². The Morgan fingerprint density at radius 2 is 1.72 bits per heavy atom. The Kier molecular flexibility index (Phi) is 8.22. The van der Waals surface area contributed by atoms with Gasteiger partial charge in [0.05, 0.1) is 28.9 Å². The first kappa shape index (κ1) is 27.0. The number of nitrogens with one attached hydrogen (secondary N) is 3. The van der Waals surface area contributed by atoms with Crippen LogP contribution in [0.1, 0.15) is 13.8 Å². The molecule has 0 saturated carbocycles. The van der Waals surface area contributed by atoms with Crippen molar-refractivity contribution < 1.29 is 36.0 Å². The molecule has 1 heterocycles. The van der Waals surface area contributed by atoms with Crippen LogP contribution in [0.25, 0.3) is 11.3 Å². The molecule has 0 aliphatic carbocycles. The lowest BCUT2D eigenvalue weighted by Gasteiger charge is -2.21. The molecule has 0 fully saturated rings. The minimum absolute atomic E-state index is 0.0154. The molecule has 36 heavy (non-hydrogen) atoms. The second-order valence-corrected chi connectivity index (χ2v) is 9.39. The third kappa shape index (κ3) is 7.69. The minimum Gasteiger partial charge on any atom is -0.406 e. The van der Waals surface area contributed by atoms with Crippen LogP contribution < -0.4 is 20.9 Å². The molecular formula is C22H24F3N5O5S. The normalized spacial score (nSPS) is 12.8. The van der Waals surface area contributed by atoms with Crippen molar-refractivity contribution in [3.8, 4) is 17.0 Å². The number of aliphatic hydroxyl groups excluding tert-OH is 1. The zero-order valence-electron chi connectivity index (χ0n) is 19.1. The van der Waals surface area contributed by atoms with Gasteiger partial charge in [-0.2, -0.15) is 13.4 Å². The maximum absolute atomic E-state index is 12.7. The molecule has 10 nitrogen and oxygen atoms in total. The molecule has 0 saturated heterocycles. The van der Waals surface area contributed by atoms with E-state index in [0.29, 0.717) is 11.3 Å². The highest BCUT2D eigenvalue weighted by atomic mass is 32.2. The Morgan fingerprint density at radius 3 is 2.31 bits per heavy atom. The summed E-state index contributed by atoms with van der Waals surface area (Å²) in [6, 6.07) is 11.5. The summed E-state index contributed by atoms with van der Waals surface area (Å²) in [6.07, 6.45) is -4.86. The molecule has 1 aromatic heterocycles. The standard InChI is InChI=1S/C22H24F3N5O5S/c1-13(2)19(12-31)27-21-26-18(14-4-3-5-16(10-14)35-22(23,24)25)11-20(28-21)30-29-15-6-8-17(9-7-15)36(32,33)34/h3-11,13,19,29,31H,12H2,1-2H3,(H,32,33,34)(H2,26,27,28,30)/t19-/m0/s1. The molecule has 0 amide bonds. The van der Waals surface area contributed by atoms with Crippen LogP contribution >= 0.6 is 0 Å². The SMILES string of the molecule is CC(C)[C@H](CO)Nc1nc(NNc2ccc(S(=O)(=O)O)cc2)cc(-c2cccc(OC(F)(F)F)c2)n1. The van der Waals surface area contributed by atoms with Gasteiger partial charge >= 0.3 is 6.36 Å². The lowest BCUT2D eigenvalue weighted by Crippen LogP contribution is -2.30. The Hall–Kier alpha value is -3.62. The molecule has 194 valence electrons. The molecule has 2 aromatic carbocycles. The number of nitrogens with zero attached hydrogens (tertiary/aromatic N) is 2. The Balaban J connectivity index is 1.91. The molecule has 14 heteroatoms. The molecule has 5 N–H and O–H groups in total. The fourth-order valence-corrected chi connectivity index (χ4v) is 3.49. The lowest BCUT2D eigenvalue weighted by atomic mass is 10.1. The van der Waals surface area contributed by atoms with E-state index < -0.39 is 28.3 Å². The number of rotatable bonds is 10. The number of anilines is 3. The molecule has 3 aromatic rings. The van der Waals surface area contributed by atoms with Gasteiger partial charge in [-0.3, -0.25) is 15.4 Å². The molecule has 0 bridgehead atoms. The van der Waals surface area contributed by atoms with E-state index in [-0.39, 0.29) is 34.9 Å². The van der Waals surface area contributed by atoms with Crippen molar-refractivity contribution in [1.82, 2.24) is 9.97 Å². The summed E-state index contributed by atoms with van der Waals surface area (Å²) in [5.74, 6) is -0.0888. The Bertz CT molecular complexity index is 1290. The van der Waals surface area contributed by atoms with Crippen molar-refractivity contribution in [2.45, 2.75) is 31.1 Å². The number of ether oxygens (including phenoxy) is 1. The van der Waals surface area contributed by atoms with Crippen LogP contribution in [0.3, 0.4) is 0 Å². The van der Waals surface area contributed by atoms with E-state index >= 15 is 0 Å². The predicted molar refractivity (Wildman–Crippen MR) is 127 cm³/mol. The zero-order chi connectivity index (χ0) is 26.5. The Labute approximate surface area is 205 Å². The monoisotopic (exact) mass is 527 g/mol. The van der Waals surface area contributed by atoms with E-state index in [2.05, 4.69) is 30.9 Å². The molecular weight excluding hydrogens is 503 g/mol. The predicted octanol–water partition coefficient (Wildman–Crippen LogP) is 4.16. The first-order valence-electron chi connectivity index (χ1n) is 10.6. The highest BCUT2D eigenvalue weighted by Gasteiger charge is 2.31. The van der Waals surface area contributed by atoms with Crippen LogP contribution in [0.2, 0.25) is 0 Å². The summed E-state index contributed by atoms with van der Waals surface area (Å²) in [4.78, 5) is 8.42. The first-order chi connectivity index (χ1) is 16.8. The maximum Gasteiger partial charge on any atom is 0.573 e. The number of hydrogen-bond donors (Lipinski definition) is 5. The van der Waals surface area contributed by atoms with Gasteiger partial charge in [-0.25, -0.2) is 4.98 Å². The van der Waals surface area contributed by atoms with Gasteiger partial charge in [-0.1, -0.05) is 26.0 Å². The highest BCUT2D eigenvalue weighted by molar-refractivity contribution is 7.85. The molecule has 0 radical (unpaired) electrons. The minimum atomic E-state index is -4.86. The van der Waals surface area contributed by atoms with Crippen molar-refractivity contribution in [3.63, 3.8) is 0 Å². The smallest absolute Gasteiger partial charge is 0.406 e. The Morgan fingerprint density at radius 1 is 1.03 bits per heavy atom. The van der Waals surface area contributed by atoms with E-state index in [9.17, 15) is 26.7 Å². The fraction of sp³-hybridized carbons (Fsp3) is 0.273. The van der Waals surface area contributed by atoms with Gasteiger partial charge in [0.2, 0.25) is 5.95 Å². The molecule has 0 unspecified atom stereocenters. The number of hydrazine groups is 1. The van der Waals surface area contributed by atoms with Gasteiger partial charge in [-0.15, -0.1) is 13.2 Å². The summed E-state index contributed by atoms with van der Waals surface area (Å²) in [7, 11) is -4.34. The summed E-state index contributed by atoms with van der Waals surface area (Å²) < 4.78 is 73.5. The molecule has 0 aliphatic rings. The van der Waals surface area contributed by atoms with E-state index in [1.807, 2.05) is 13.8 Å². The third-order valence-corrected chi connectivity index (χ3v) is 5.76. The number of halogens is 3. The average molecular weight is 528 g/mol. The van der Waals surface area contributed by atoms with E-state index in [4.69, 9.17) is 4.55 Å². The fourth-order valence-electron chi connectivity index (χ4n) is 3.01. The first-order valence-corrected chi connectivity index (χ1v) is 12.0. The largest absolute Gasteiger partial charge is 0.573 e. The number of alkyl halides is 3. The average Bonchev–Trinajstić information content (AvgIpc) is 2.79. The van der Waals surface area contributed by atoms with Gasteiger partial charge in [0, 0.05) is 11.6 Å². The van der Waals surface area contributed by atoms with Gasteiger partial charge in [0.15, 0.2) is 5.82 Å². The zero-order valence-corrected chi connectivity index (χ0v) is 19.9. The second-order valence-electron chi connectivity index (χ2n) is 7.96. The van der Waals surface area contributed by atoms with Crippen LogP contribution in [-0.2, 0) is 10.1 Å². The van der Waals surface area contributed by atoms with Crippen molar-refractivity contribution in [2.24, 2.45) is 5.92 Å². The van der Waals surface area contributed by atoms with Crippen molar-refractivity contribution in [1.29, 1.82) is 0 Å². The number of benzene rings is 2. The van der Waals surface area contributed by atoms with Gasteiger partial charge < -0.3 is 15.2 Å². The van der Waals surface area contributed by atoms with Crippen LogP contribution in [0.5, 0.6) is 5.75 Å². The number of aliphatic hydroxyl groups is 1. The highest BCUT2D eigenvalue weighted by Crippen LogP contribution is 2.29. The summed E-state index contributed by atoms with van der Waals surface area (Å²) >= 11 is 0. The molecule has 3 rings (SSSR count). The molecule has 0 aliphatic heterocycles. The third-order valence-electron chi connectivity index (χ3n) is 4.89. The van der Waals surface area contributed by atoms with Crippen molar-refractivity contribution >= 4 is 27.6 Å². The topological polar surface area (TPSA) is 146 Å². The molecule has 1 atom stereocenters. The summed E-state index contributed by atoms with van der Waals surface area (Å²) in [5, 5.41) is 12.7. The van der Waals surface area contributed by atoms with Gasteiger partial charge in [0.25, 0.3) is 10.1 Å². The second kappa shape index (κ2) is 11.0. The number of hydrogen-bond acceptors (Lipinski definition) is 9. The van der Waals surface area contributed by atoms with Crippen LogP contribution in [0.4, 0.5) is 30.6 Å². The quantitative estimate of drug-likeness (QED) is 0.192. The van der Waals surface area contributed by atoms with Crippen molar-refractivity contribution in [2.75, 3.05) is 22.8 Å². The van der Waals surface area contributed by atoms with E-state index in [1.54, 1.807) is 6.07 Å². The van der Waals surface area contributed by atoms with Crippen LogP contribution in [0, 0.1) is 5.92 Å². The lowest BCUT2D eigenvalue weighted by molar-refractivity contribution is -0.274. The molecule has 0 spiro atoms. The van der Waals surface area contributed by atoms with Crippen LogP contribution in [0.15, 0.2) is 59.5 Å². The maximum atomic E-state index is 12.7. The summed E-state index contributed by atoms with van der Waals surface area (Å²) in [6.45, 7) is 3.56. The van der Waals surface area contributed by atoms with E-state index in [0.717, 1.165) is 6.07 Å². The summed E-state index contributed by atoms with van der Waals surface area (Å²) in [5.41, 5.74) is 6.62. The number of aromatic nitrogens is 2. The van der Waals surface area contributed by atoms with Gasteiger partial charge in [0.1, 0.15) is 5.75 Å². The van der Waals surface area contributed by atoms with E-state index in [1.165, 1.54) is 42.5 Å².